The van der Waals surface area contributed by atoms with Crippen LogP contribution in [0.2, 0.25) is 0 Å². The Morgan fingerprint density at radius 1 is 1.19 bits per heavy atom. The van der Waals surface area contributed by atoms with E-state index in [-0.39, 0.29) is 22.8 Å². The Bertz CT molecular complexity index is 950. The first kappa shape index (κ1) is 18.5. The third-order valence-corrected chi connectivity index (χ3v) is 5.87. The predicted molar refractivity (Wildman–Crippen MR) is 101 cm³/mol. The van der Waals surface area contributed by atoms with Crippen molar-refractivity contribution in [3.63, 3.8) is 0 Å². The summed E-state index contributed by atoms with van der Waals surface area (Å²) in [5, 5.41) is 0. The van der Waals surface area contributed by atoms with Crippen LogP contribution in [0.5, 0.6) is 5.75 Å². The molecule has 0 aliphatic carbocycles. The number of anilines is 1. The highest BCUT2D eigenvalue weighted by molar-refractivity contribution is 7.87. The highest BCUT2D eigenvalue weighted by Gasteiger charge is 2.30. The molecule has 2 aromatic carbocycles. The van der Waals surface area contributed by atoms with Crippen LogP contribution in [-0.4, -0.2) is 20.4 Å². The van der Waals surface area contributed by atoms with E-state index in [2.05, 4.69) is 0 Å². The molecule has 2 aromatic rings. The summed E-state index contributed by atoms with van der Waals surface area (Å²) in [6.07, 6.45) is 0.626. The summed E-state index contributed by atoms with van der Waals surface area (Å²) in [7, 11) is -3.94. The predicted octanol–water partition coefficient (Wildman–Crippen LogP) is 3.88. The molecular weight excluding hydrogens is 350 g/mol. The summed E-state index contributed by atoms with van der Waals surface area (Å²) in [4.78, 5) is 13.6. The van der Waals surface area contributed by atoms with Crippen molar-refractivity contribution in [2.45, 2.75) is 51.0 Å². The first-order valence-electron chi connectivity index (χ1n) is 8.66. The van der Waals surface area contributed by atoms with E-state index in [1.54, 1.807) is 35.2 Å². The van der Waals surface area contributed by atoms with Crippen LogP contribution < -0.4 is 9.08 Å². The highest BCUT2D eigenvalue weighted by Crippen LogP contribution is 2.34. The van der Waals surface area contributed by atoms with Gasteiger partial charge in [0, 0.05) is 18.7 Å². The van der Waals surface area contributed by atoms with Crippen molar-refractivity contribution in [3.8, 4) is 5.75 Å². The van der Waals surface area contributed by atoms with Crippen molar-refractivity contribution in [2.75, 3.05) is 4.90 Å². The lowest BCUT2D eigenvalue weighted by molar-refractivity contribution is -0.116. The second kappa shape index (κ2) is 6.76. The Morgan fingerprint density at radius 3 is 2.58 bits per heavy atom. The van der Waals surface area contributed by atoms with Gasteiger partial charge in [0.25, 0.3) is 0 Å². The van der Waals surface area contributed by atoms with Gasteiger partial charge in [-0.2, -0.15) is 8.42 Å². The zero-order chi connectivity index (χ0) is 19.1. The summed E-state index contributed by atoms with van der Waals surface area (Å²) >= 11 is 0. The lowest BCUT2D eigenvalue weighted by atomic mass is 10.0. The summed E-state index contributed by atoms with van der Waals surface area (Å²) in [6, 6.07) is 11.9. The van der Waals surface area contributed by atoms with E-state index in [4.69, 9.17) is 4.18 Å². The first-order valence-corrected chi connectivity index (χ1v) is 10.1. The molecule has 0 radical (unpaired) electrons. The molecule has 6 heteroatoms. The Kier molecular flexibility index (Phi) is 4.80. The molecule has 1 amide bonds. The first-order chi connectivity index (χ1) is 12.2. The minimum atomic E-state index is -3.94. The van der Waals surface area contributed by atoms with E-state index in [1.807, 2.05) is 26.8 Å². The second-order valence-electron chi connectivity index (χ2n) is 7.00. The Morgan fingerprint density at radius 2 is 1.92 bits per heavy atom. The number of rotatable bonds is 4. The number of amides is 1. The zero-order valence-electron chi connectivity index (χ0n) is 15.4. The Hall–Kier alpha value is -2.34. The van der Waals surface area contributed by atoms with Crippen molar-refractivity contribution in [1.82, 2.24) is 0 Å². The fourth-order valence-corrected chi connectivity index (χ4v) is 4.32. The van der Waals surface area contributed by atoms with Crippen molar-refractivity contribution >= 4 is 21.7 Å². The fourth-order valence-electron chi connectivity index (χ4n) is 3.34. The molecule has 1 aliphatic rings. The van der Waals surface area contributed by atoms with Crippen LogP contribution >= 0.6 is 0 Å². The van der Waals surface area contributed by atoms with E-state index >= 15 is 0 Å². The maximum absolute atomic E-state index is 12.7. The number of hydrogen-bond acceptors (Lipinski definition) is 4. The van der Waals surface area contributed by atoms with E-state index in [0.29, 0.717) is 12.2 Å². The third kappa shape index (κ3) is 3.46. The lowest BCUT2D eigenvalue weighted by Gasteiger charge is -2.20. The minimum absolute atomic E-state index is 0.0177. The van der Waals surface area contributed by atoms with Crippen molar-refractivity contribution in [3.05, 3.63) is 53.6 Å². The fraction of sp³-hybridized carbons (Fsp3) is 0.350. The van der Waals surface area contributed by atoms with E-state index in [9.17, 15) is 13.2 Å². The molecule has 26 heavy (non-hydrogen) atoms. The van der Waals surface area contributed by atoms with Crippen LogP contribution in [0.25, 0.3) is 0 Å². The zero-order valence-corrected chi connectivity index (χ0v) is 16.2. The number of nitrogens with zero attached hydrogens (tertiary/aromatic N) is 1. The number of carbonyl (C=O) groups is 1. The summed E-state index contributed by atoms with van der Waals surface area (Å²) < 4.78 is 30.7. The molecule has 0 saturated carbocycles. The summed E-state index contributed by atoms with van der Waals surface area (Å²) in [5.41, 5.74) is 2.62. The molecule has 0 aromatic heterocycles. The van der Waals surface area contributed by atoms with E-state index in [0.717, 1.165) is 16.8 Å². The summed E-state index contributed by atoms with van der Waals surface area (Å²) in [6.45, 7) is 7.54. The minimum Gasteiger partial charge on any atom is -0.379 e. The second-order valence-corrected chi connectivity index (χ2v) is 8.54. The highest BCUT2D eigenvalue weighted by atomic mass is 32.2. The average molecular weight is 373 g/mol. The molecule has 5 nitrogen and oxygen atoms in total. The molecule has 1 heterocycles. The van der Waals surface area contributed by atoms with Gasteiger partial charge in [-0.05, 0) is 60.7 Å². The normalized spacial score (nSPS) is 16.7. The van der Waals surface area contributed by atoms with Crippen LogP contribution in [0.3, 0.4) is 0 Å². The molecule has 0 saturated heterocycles. The molecule has 1 atom stereocenters. The molecule has 0 N–H and O–H groups in total. The van der Waals surface area contributed by atoms with Crippen LogP contribution in [0.4, 0.5) is 5.69 Å². The maximum atomic E-state index is 12.7. The van der Waals surface area contributed by atoms with Gasteiger partial charge in [0.15, 0.2) is 0 Å². The van der Waals surface area contributed by atoms with Crippen LogP contribution in [0.1, 0.15) is 44.7 Å². The van der Waals surface area contributed by atoms with Gasteiger partial charge in [-0.3, -0.25) is 4.79 Å². The van der Waals surface area contributed by atoms with Gasteiger partial charge in [-0.1, -0.05) is 26.0 Å². The Balaban J connectivity index is 1.91. The van der Waals surface area contributed by atoms with Crippen molar-refractivity contribution in [2.24, 2.45) is 0 Å². The monoisotopic (exact) mass is 373 g/mol. The summed E-state index contributed by atoms with van der Waals surface area (Å²) in [5.74, 6) is 0.532. The molecule has 138 valence electrons. The largest absolute Gasteiger partial charge is 0.379 e. The van der Waals surface area contributed by atoms with Gasteiger partial charge in [0.1, 0.15) is 10.6 Å². The van der Waals surface area contributed by atoms with Crippen LogP contribution in [0.15, 0.2) is 47.4 Å². The topological polar surface area (TPSA) is 63.7 Å². The van der Waals surface area contributed by atoms with E-state index < -0.39 is 10.1 Å². The molecule has 0 bridgehead atoms. The van der Waals surface area contributed by atoms with Gasteiger partial charge < -0.3 is 9.08 Å². The van der Waals surface area contributed by atoms with Gasteiger partial charge in [-0.25, -0.2) is 0 Å². The van der Waals surface area contributed by atoms with Gasteiger partial charge >= 0.3 is 10.1 Å². The maximum Gasteiger partial charge on any atom is 0.339 e. The third-order valence-electron chi connectivity index (χ3n) is 4.63. The average Bonchev–Trinajstić information content (AvgIpc) is 2.89. The van der Waals surface area contributed by atoms with Crippen molar-refractivity contribution < 1.29 is 17.4 Å². The molecule has 3 rings (SSSR count). The molecule has 1 aliphatic heterocycles. The number of hydrogen-bond donors (Lipinski definition) is 0. The molecular formula is C20H23NO4S. The van der Waals surface area contributed by atoms with Gasteiger partial charge in [0.05, 0.1) is 0 Å². The van der Waals surface area contributed by atoms with Gasteiger partial charge in [0.2, 0.25) is 5.91 Å². The molecule has 0 fully saturated rings. The lowest BCUT2D eigenvalue weighted by Crippen LogP contribution is -2.33. The number of carbonyl (C=O) groups excluding carboxylic acids is 1. The van der Waals surface area contributed by atoms with Crippen LogP contribution in [0, 0.1) is 0 Å². The molecule has 1 unspecified atom stereocenters. The van der Waals surface area contributed by atoms with Crippen LogP contribution in [-0.2, 0) is 21.3 Å². The standard InChI is InChI=1S/C20H23NO4S/c1-13(2)16-6-5-7-18(11-16)25-26(23,24)19-8-9-20-17(12-19)10-14(3)21(20)15(4)22/h5-9,11-14H,10H2,1-4H3. The van der Waals surface area contributed by atoms with Gasteiger partial charge in [-0.15, -0.1) is 0 Å². The smallest absolute Gasteiger partial charge is 0.339 e. The molecule has 0 spiro atoms. The van der Waals surface area contributed by atoms with Crippen molar-refractivity contribution in [1.29, 1.82) is 0 Å². The Labute approximate surface area is 154 Å². The number of fused-ring (bicyclic) bond motifs is 1. The SMILES string of the molecule is CC(=O)N1c2ccc(S(=O)(=O)Oc3cccc(C(C)C)c3)cc2CC1C. The quantitative estimate of drug-likeness (QED) is 0.763. The number of benzene rings is 2. The van der Waals surface area contributed by atoms with E-state index in [1.165, 1.54) is 13.0 Å².